The molecule has 0 saturated carbocycles. The van der Waals surface area contributed by atoms with Crippen LogP contribution >= 0.6 is 0 Å². The van der Waals surface area contributed by atoms with E-state index >= 15 is 0 Å². The molecule has 2 aromatic heterocycles. The Balaban J connectivity index is 1.30. The second-order valence-electron chi connectivity index (χ2n) is 8.14. The van der Waals surface area contributed by atoms with E-state index in [1.54, 1.807) is 0 Å². The molecule has 1 saturated heterocycles. The predicted molar refractivity (Wildman–Crippen MR) is 121 cm³/mol. The summed E-state index contributed by atoms with van der Waals surface area (Å²) >= 11 is 0. The first-order valence-electron chi connectivity index (χ1n) is 11.0. The van der Waals surface area contributed by atoms with Crippen molar-refractivity contribution < 1.29 is 13.9 Å². The zero-order valence-corrected chi connectivity index (χ0v) is 17.7. The molecule has 6 rings (SSSR count). The molecule has 1 fully saturated rings. The Kier molecular flexibility index (Phi) is 4.49. The predicted octanol–water partition coefficient (Wildman–Crippen LogP) is 4.11. The van der Waals surface area contributed by atoms with Crippen LogP contribution in [0.5, 0.6) is 5.75 Å². The largest absolute Gasteiger partial charge is 0.494 e. The second-order valence-corrected chi connectivity index (χ2v) is 8.14. The number of hydrogen-bond donors (Lipinski definition) is 1. The van der Waals surface area contributed by atoms with Crippen LogP contribution in [0.3, 0.4) is 0 Å². The molecule has 1 N–H and O–H groups in total. The zero-order valence-electron chi connectivity index (χ0n) is 17.7. The summed E-state index contributed by atoms with van der Waals surface area (Å²) in [4.78, 5) is 12.9. The van der Waals surface area contributed by atoms with Crippen LogP contribution < -0.4 is 14.5 Å². The van der Waals surface area contributed by atoms with Gasteiger partial charge in [0.25, 0.3) is 6.01 Å². The molecular formula is C24H26N4O3. The van der Waals surface area contributed by atoms with Gasteiger partial charge in [-0.25, -0.2) is 0 Å². The number of anilines is 2. The minimum absolute atomic E-state index is 0.675. The van der Waals surface area contributed by atoms with E-state index in [9.17, 15) is 0 Å². The van der Waals surface area contributed by atoms with Gasteiger partial charge >= 0.3 is 0 Å². The average Bonchev–Trinajstić information content (AvgIpc) is 3.40. The van der Waals surface area contributed by atoms with Crippen LogP contribution in [0, 0.1) is 0 Å². The van der Waals surface area contributed by atoms with E-state index in [-0.39, 0.29) is 0 Å². The van der Waals surface area contributed by atoms with Crippen LogP contribution in [0.4, 0.5) is 11.7 Å². The Labute approximate surface area is 180 Å². The number of oxazole rings is 1. The number of rotatable bonds is 4. The van der Waals surface area contributed by atoms with Gasteiger partial charge in [0.1, 0.15) is 11.3 Å². The number of aromatic nitrogens is 2. The summed E-state index contributed by atoms with van der Waals surface area (Å²) in [5.41, 5.74) is 6.78. The fraction of sp³-hybridized carbons (Fsp3) is 0.375. The first kappa shape index (κ1) is 18.6. The van der Waals surface area contributed by atoms with Crippen LogP contribution in [0.15, 0.2) is 40.8 Å². The van der Waals surface area contributed by atoms with Crippen molar-refractivity contribution in [2.45, 2.75) is 19.9 Å². The molecule has 2 aromatic carbocycles. The molecule has 4 aromatic rings. The van der Waals surface area contributed by atoms with E-state index < -0.39 is 0 Å². The highest BCUT2D eigenvalue weighted by molar-refractivity contribution is 5.87. The van der Waals surface area contributed by atoms with Gasteiger partial charge in [0, 0.05) is 60.4 Å². The van der Waals surface area contributed by atoms with Crippen molar-refractivity contribution in [1.29, 1.82) is 0 Å². The Bertz CT molecular complexity index is 1240. The minimum Gasteiger partial charge on any atom is -0.494 e. The summed E-state index contributed by atoms with van der Waals surface area (Å²) in [5.74, 6) is 0.925. The van der Waals surface area contributed by atoms with E-state index in [0.717, 1.165) is 62.7 Å². The third-order valence-corrected chi connectivity index (χ3v) is 6.26. The number of hydrogen-bond acceptors (Lipinski definition) is 6. The molecule has 0 radical (unpaired) electrons. The van der Waals surface area contributed by atoms with Gasteiger partial charge in [-0.1, -0.05) is 0 Å². The quantitative estimate of drug-likeness (QED) is 0.538. The lowest BCUT2D eigenvalue weighted by atomic mass is 10.0. The maximum Gasteiger partial charge on any atom is 0.298 e. The van der Waals surface area contributed by atoms with Gasteiger partial charge in [0.05, 0.1) is 19.8 Å². The molecule has 31 heavy (non-hydrogen) atoms. The summed E-state index contributed by atoms with van der Waals surface area (Å²) in [6, 6.07) is 13.3. The Morgan fingerprint density at radius 2 is 1.97 bits per heavy atom. The van der Waals surface area contributed by atoms with Crippen molar-refractivity contribution in [2.24, 2.45) is 0 Å². The summed E-state index contributed by atoms with van der Waals surface area (Å²) < 4.78 is 17.2. The number of fused-ring (bicyclic) bond motifs is 4. The van der Waals surface area contributed by atoms with Crippen LogP contribution in [0.25, 0.3) is 22.0 Å². The molecular weight excluding hydrogens is 392 g/mol. The van der Waals surface area contributed by atoms with E-state index in [1.807, 2.05) is 19.1 Å². The number of ether oxygens (including phenoxy) is 2. The monoisotopic (exact) mass is 418 g/mol. The molecule has 0 bridgehead atoms. The molecule has 0 atom stereocenters. The third-order valence-electron chi connectivity index (χ3n) is 6.26. The van der Waals surface area contributed by atoms with Crippen molar-refractivity contribution in [2.75, 3.05) is 49.3 Å². The molecule has 0 unspecified atom stereocenters. The van der Waals surface area contributed by atoms with Gasteiger partial charge < -0.3 is 28.7 Å². The number of nitrogens with zero attached hydrogens (tertiary/aromatic N) is 3. The maximum atomic E-state index is 6.01. The van der Waals surface area contributed by atoms with Gasteiger partial charge in [0.15, 0.2) is 5.58 Å². The van der Waals surface area contributed by atoms with Gasteiger partial charge in [0.2, 0.25) is 0 Å². The third kappa shape index (κ3) is 3.29. The second kappa shape index (κ2) is 7.50. The van der Waals surface area contributed by atoms with E-state index in [1.165, 1.54) is 27.8 Å². The molecule has 0 spiro atoms. The van der Waals surface area contributed by atoms with Crippen LogP contribution in [-0.4, -0.2) is 49.4 Å². The SMILES string of the molecule is CCOc1ccc2[nH]c3c(c2c1)CN(c1ccc2oc(N4CCOCC4)nc2c1)CC3. The summed E-state index contributed by atoms with van der Waals surface area (Å²) in [5, 5.41) is 1.25. The van der Waals surface area contributed by atoms with Crippen molar-refractivity contribution in [3.8, 4) is 5.75 Å². The molecule has 4 heterocycles. The van der Waals surface area contributed by atoms with Gasteiger partial charge in [-0.15, -0.1) is 0 Å². The fourth-order valence-electron chi connectivity index (χ4n) is 4.66. The highest BCUT2D eigenvalue weighted by Gasteiger charge is 2.23. The Hall–Kier alpha value is -3.19. The Morgan fingerprint density at radius 3 is 2.84 bits per heavy atom. The van der Waals surface area contributed by atoms with Crippen molar-refractivity contribution in [3.05, 3.63) is 47.7 Å². The summed E-state index contributed by atoms with van der Waals surface area (Å²) in [6.07, 6.45) is 0.990. The van der Waals surface area contributed by atoms with Crippen molar-refractivity contribution >= 4 is 33.7 Å². The molecule has 160 valence electrons. The van der Waals surface area contributed by atoms with Crippen LogP contribution in [-0.2, 0) is 17.7 Å². The molecule has 7 heteroatoms. The first-order chi connectivity index (χ1) is 15.3. The maximum absolute atomic E-state index is 6.01. The van der Waals surface area contributed by atoms with Crippen LogP contribution in [0.1, 0.15) is 18.2 Å². The number of benzene rings is 2. The van der Waals surface area contributed by atoms with Gasteiger partial charge in [-0.05, 0) is 43.3 Å². The van der Waals surface area contributed by atoms with E-state index in [2.05, 4.69) is 39.0 Å². The highest BCUT2D eigenvalue weighted by Crippen LogP contribution is 2.34. The normalized spacial score (nSPS) is 16.8. The summed E-state index contributed by atoms with van der Waals surface area (Å²) in [7, 11) is 0. The molecule has 0 aliphatic carbocycles. The number of nitrogens with one attached hydrogen (secondary N) is 1. The Morgan fingerprint density at radius 1 is 1.06 bits per heavy atom. The van der Waals surface area contributed by atoms with Crippen molar-refractivity contribution in [3.63, 3.8) is 0 Å². The summed E-state index contributed by atoms with van der Waals surface area (Å²) in [6.45, 7) is 7.60. The number of morpholine rings is 1. The lowest BCUT2D eigenvalue weighted by Gasteiger charge is -2.29. The lowest BCUT2D eigenvalue weighted by Crippen LogP contribution is -2.36. The smallest absolute Gasteiger partial charge is 0.298 e. The molecule has 2 aliphatic rings. The van der Waals surface area contributed by atoms with Crippen LogP contribution in [0.2, 0.25) is 0 Å². The minimum atomic E-state index is 0.675. The van der Waals surface area contributed by atoms with E-state index in [0.29, 0.717) is 12.6 Å². The molecule has 7 nitrogen and oxygen atoms in total. The first-order valence-corrected chi connectivity index (χ1v) is 11.0. The number of H-pyrrole nitrogens is 1. The van der Waals surface area contributed by atoms with Gasteiger partial charge in [-0.2, -0.15) is 4.98 Å². The average molecular weight is 418 g/mol. The number of aromatic amines is 1. The molecule has 2 aliphatic heterocycles. The van der Waals surface area contributed by atoms with Gasteiger partial charge in [-0.3, -0.25) is 0 Å². The standard InChI is InChI=1S/C24H26N4O3/c1-2-30-17-4-5-20-18(14-17)19-15-28(8-7-21(19)25-20)16-3-6-23-22(13-16)26-24(31-23)27-9-11-29-12-10-27/h3-6,13-14,25H,2,7-12,15H2,1H3. The lowest BCUT2D eigenvalue weighted by molar-refractivity contribution is 0.120. The van der Waals surface area contributed by atoms with E-state index in [4.69, 9.17) is 18.9 Å². The van der Waals surface area contributed by atoms with Crippen molar-refractivity contribution in [1.82, 2.24) is 9.97 Å². The zero-order chi connectivity index (χ0) is 20.8. The molecule has 0 amide bonds. The topological polar surface area (TPSA) is 66.8 Å². The fourth-order valence-corrected chi connectivity index (χ4v) is 4.66. The highest BCUT2D eigenvalue weighted by atomic mass is 16.5.